The van der Waals surface area contributed by atoms with Gasteiger partial charge < -0.3 is 9.79 Å². The highest BCUT2D eigenvalue weighted by atomic mass is 35.5. The lowest BCUT2D eigenvalue weighted by Crippen LogP contribution is -2.03. The monoisotopic (exact) mass is 248 g/mol. The van der Waals surface area contributed by atoms with Gasteiger partial charge in [-0.05, 0) is 35.7 Å². The molecule has 0 saturated heterocycles. The molecule has 0 aromatic heterocycles. The van der Waals surface area contributed by atoms with E-state index in [4.69, 9.17) is 21.4 Å². The zero-order valence-electron chi connectivity index (χ0n) is 7.76. The van der Waals surface area contributed by atoms with Gasteiger partial charge in [0, 0.05) is 6.42 Å². The molecule has 0 bridgehead atoms. The molecular formula is C9H10ClO4P. The van der Waals surface area contributed by atoms with E-state index in [1.54, 1.807) is 12.1 Å². The van der Waals surface area contributed by atoms with Gasteiger partial charge in [-0.1, -0.05) is 12.1 Å². The highest BCUT2D eigenvalue weighted by Crippen LogP contribution is 2.32. The first-order valence-electron chi connectivity index (χ1n) is 4.23. The molecule has 2 N–H and O–H groups in total. The van der Waals surface area contributed by atoms with Crippen molar-refractivity contribution in [1.29, 1.82) is 0 Å². The largest absolute Gasteiger partial charge is 0.356 e. The van der Waals surface area contributed by atoms with E-state index in [0.29, 0.717) is 6.42 Å². The number of carbonyl (C=O) groups excluding carboxylic acids is 1. The van der Waals surface area contributed by atoms with Crippen LogP contribution in [0.15, 0.2) is 24.3 Å². The molecular weight excluding hydrogens is 239 g/mol. The second-order valence-electron chi connectivity index (χ2n) is 3.07. The smallest absolute Gasteiger partial charge is 0.321 e. The van der Waals surface area contributed by atoms with Crippen LogP contribution in [0.1, 0.15) is 12.0 Å². The molecule has 0 spiro atoms. The van der Waals surface area contributed by atoms with Crippen LogP contribution in [0.2, 0.25) is 0 Å². The molecule has 0 saturated carbocycles. The summed E-state index contributed by atoms with van der Waals surface area (Å²) >= 11 is 5.17. The Morgan fingerprint density at radius 2 is 1.80 bits per heavy atom. The summed E-state index contributed by atoms with van der Waals surface area (Å²) in [6, 6.07) is 5.87. The van der Waals surface area contributed by atoms with Crippen molar-refractivity contribution in [3.05, 3.63) is 29.8 Å². The normalized spacial score (nSPS) is 11.4. The average molecular weight is 249 g/mol. The van der Waals surface area contributed by atoms with E-state index in [2.05, 4.69) is 0 Å². The number of hydrogen-bond acceptors (Lipinski definition) is 2. The van der Waals surface area contributed by atoms with Crippen molar-refractivity contribution in [3.63, 3.8) is 0 Å². The van der Waals surface area contributed by atoms with Crippen molar-refractivity contribution < 1.29 is 19.1 Å². The second-order valence-corrected chi connectivity index (χ2v) is 5.09. The van der Waals surface area contributed by atoms with Gasteiger partial charge in [-0.3, -0.25) is 9.36 Å². The van der Waals surface area contributed by atoms with Crippen LogP contribution < -0.4 is 5.30 Å². The van der Waals surface area contributed by atoms with Crippen molar-refractivity contribution in [2.24, 2.45) is 0 Å². The van der Waals surface area contributed by atoms with Crippen LogP contribution in [0.25, 0.3) is 0 Å². The molecule has 0 atom stereocenters. The van der Waals surface area contributed by atoms with Crippen LogP contribution in [0.3, 0.4) is 0 Å². The van der Waals surface area contributed by atoms with Crippen molar-refractivity contribution in [3.8, 4) is 0 Å². The fraction of sp³-hybridized carbons (Fsp3) is 0.222. The molecule has 4 nitrogen and oxygen atoms in total. The first kappa shape index (κ1) is 12.4. The van der Waals surface area contributed by atoms with Crippen LogP contribution in [-0.2, 0) is 15.8 Å². The number of benzene rings is 1. The summed E-state index contributed by atoms with van der Waals surface area (Å²) in [6.45, 7) is 0. The summed E-state index contributed by atoms with van der Waals surface area (Å²) in [5.41, 5.74) is 0.821. The van der Waals surface area contributed by atoms with E-state index >= 15 is 0 Å². The summed E-state index contributed by atoms with van der Waals surface area (Å²) < 4.78 is 10.8. The van der Waals surface area contributed by atoms with E-state index in [1.165, 1.54) is 12.1 Å². The number of rotatable bonds is 4. The van der Waals surface area contributed by atoms with E-state index in [0.717, 1.165) is 5.56 Å². The van der Waals surface area contributed by atoms with Crippen molar-refractivity contribution in [2.45, 2.75) is 12.8 Å². The fourth-order valence-electron chi connectivity index (χ4n) is 1.10. The Balaban J connectivity index is 2.73. The summed E-state index contributed by atoms with van der Waals surface area (Å²) in [5, 5.41) is -0.447. The molecule has 15 heavy (non-hydrogen) atoms. The molecule has 0 aliphatic carbocycles. The van der Waals surface area contributed by atoms with Crippen molar-refractivity contribution >= 4 is 29.7 Å². The molecule has 0 radical (unpaired) electrons. The fourth-order valence-corrected chi connectivity index (χ4v) is 1.73. The van der Waals surface area contributed by atoms with Crippen LogP contribution >= 0.6 is 19.2 Å². The van der Waals surface area contributed by atoms with Gasteiger partial charge in [0.1, 0.15) is 0 Å². The predicted octanol–water partition coefficient (Wildman–Crippen LogP) is 1.19. The van der Waals surface area contributed by atoms with Crippen LogP contribution in [0.5, 0.6) is 0 Å². The Morgan fingerprint density at radius 1 is 1.27 bits per heavy atom. The Bertz CT molecular complexity index is 395. The maximum absolute atomic E-state index is 10.8. The third-order valence-electron chi connectivity index (χ3n) is 1.88. The lowest BCUT2D eigenvalue weighted by molar-refractivity contribution is -0.111. The Morgan fingerprint density at radius 3 is 2.20 bits per heavy atom. The van der Waals surface area contributed by atoms with Crippen molar-refractivity contribution in [2.75, 3.05) is 0 Å². The molecule has 82 valence electrons. The summed E-state index contributed by atoms with van der Waals surface area (Å²) in [5.74, 6) is 0. The molecule has 0 fully saturated rings. The van der Waals surface area contributed by atoms with Gasteiger partial charge in [-0.2, -0.15) is 0 Å². The average Bonchev–Trinajstić information content (AvgIpc) is 2.14. The quantitative estimate of drug-likeness (QED) is 0.620. The van der Waals surface area contributed by atoms with Gasteiger partial charge >= 0.3 is 7.60 Å². The SMILES string of the molecule is O=C(Cl)CCc1ccc(P(=O)(O)O)cc1. The number of carbonyl (C=O) groups is 1. The first-order chi connectivity index (χ1) is 6.89. The molecule has 0 aliphatic heterocycles. The second kappa shape index (κ2) is 4.90. The number of hydrogen-bond donors (Lipinski definition) is 2. The van der Waals surface area contributed by atoms with Crippen LogP contribution in [0.4, 0.5) is 0 Å². The van der Waals surface area contributed by atoms with E-state index in [1.807, 2.05) is 0 Å². The Kier molecular flexibility index (Phi) is 4.05. The highest BCUT2D eigenvalue weighted by Gasteiger charge is 2.15. The minimum absolute atomic E-state index is 0.0246. The number of aryl methyl sites for hydroxylation is 1. The molecule has 6 heteroatoms. The summed E-state index contributed by atoms with van der Waals surface area (Å²) in [6.07, 6.45) is 0.695. The van der Waals surface area contributed by atoms with Gasteiger partial charge in [-0.25, -0.2) is 0 Å². The minimum atomic E-state index is -4.17. The molecule has 0 heterocycles. The lowest BCUT2D eigenvalue weighted by atomic mass is 10.1. The molecule has 0 aliphatic rings. The Hall–Kier alpha value is -0.670. The third kappa shape index (κ3) is 4.14. The molecule has 1 rings (SSSR count). The maximum atomic E-state index is 10.8. The predicted molar refractivity (Wildman–Crippen MR) is 57.3 cm³/mol. The van der Waals surface area contributed by atoms with Gasteiger partial charge in [0.2, 0.25) is 5.24 Å². The minimum Gasteiger partial charge on any atom is -0.321 e. The number of halogens is 1. The van der Waals surface area contributed by atoms with Gasteiger partial charge in [0.05, 0.1) is 5.30 Å². The van der Waals surface area contributed by atoms with Gasteiger partial charge in [0.15, 0.2) is 0 Å². The maximum Gasteiger partial charge on any atom is 0.356 e. The zero-order chi connectivity index (χ0) is 11.5. The van der Waals surface area contributed by atoms with Crippen molar-refractivity contribution in [1.82, 2.24) is 0 Å². The standard InChI is InChI=1S/C9H10ClO4P/c10-9(11)6-3-7-1-4-8(5-2-7)15(12,13)14/h1-2,4-5H,3,6H2,(H2,12,13,14). The highest BCUT2D eigenvalue weighted by molar-refractivity contribution is 7.60. The van der Waals surface area contributed by atoms with Gasteiger partial charge in [0.25, 0.3) is 0 Å². The first-order valence-corrected chi connectivity index (χ1v) is 6.22. The molecule has 1 aromatic rings. The summed E-state index contributed by atoms with van der Waals surface area (Å²) in [7, 11) is -4.17. The third-order valence-corrected chi connectivity index (χ3v) is 3.04. The summed E-state index contributed by atoms with van der Waals surface area (Å²) in [4.78, 5) is 28.2. The van der Waals surface area contributed by atoms with Crippen LogP contribution in [-0.4, -0.2) is 15.0 Å². The molecule has 0 amide bonds. The Labute approximate surface area is 92.0 Å². The van der Waals surface area contributed by atoms with Crippen LogP contribution in [0, 0.1) is 0 Å². The molecule has 0 unspecified atom stereocenters. The van der Waals surface area contributed by atoms with E-state index in [-0.39, 0.29) is 11.7 Å². The van der Waals surface area contributed by atoms with Gasteiger partial charge in [-0.15, -0.1) is 0 Å². The lowest BCUT2D eigenvalue weighted by Gasteiger charge is -2.04. The molecule has 1 aromatic carbocycles. The van der Waals surface area contributed by atoms with E-state index < -0.39 is 12.8 Å². The van der Waals surface area contributed by atoms with E-state index in [9.17, 15) is 9.36 Å². The zero-order valence-corrected chi connectivity index (χ0v) is 9.41. The topological polar surface area (TPSA) is 74.6 Å².